The molecular formula is C22H29NO5. The fraction of sp³-hybridized carbons (Fsp3) is 0.409. The fourth-order valence-electron chi connectivity index (χ4n) is 2.90. The van der Waals surface area contributed by atoms with Crippen LogP contribution < -0.4 is 24.3 Å². The minimum absolute atomic E-state index is 0.233. The molecule has 152 valence electrons. The second kappa shape index (κ2) is 10.4. The average Bonchev–Trinajstić information content (AvgIpc) is 2.70. The summed E-state index contributed by atoms with van der Waals surface area (Å²) in [5.41, 5.74) is 1.34. The number of nitrogens with one attached hydrogen (secondary N) is 1. The van der Waals surface area contributed by atoms with Gasteiger partial charge in [-0.1, -0.05) is 18.2 Å². The molecular weight excluding hydrogens is 358 g/mol. The molecule has 2 rings (SSSR count). The third-order valence-corrected chi connectivity index (χ3v) is 4.12. The number of benzene rings is 2. The van der Waals surface area contributed by atoms with E-state index in [1.54, 1.807) is 19.2 Å². The van der Waals surface area contributed by atoms with Crippen molar-refractivity contribution in [1.82, 2.24) is 5.32 Å². The van der Waals surface area contributed by atoms with Gasteiger partial charge in [-0.3, -0.25) is 4.79 Å². The van der Waals surface area contributed by atoms with Crippen LogP contribution in [0.2, 0.25) is 0 Å². The van der Waals surface area contributed by atoms with Crippen LogP contribution in [0.15, 0.2) is 36.4 Å². The number of carbonyl (C=O) groups is 1. The maximum atomic E-state index is 12.9. The van der Waals surface area contributed by atoms with E-state index >= 15 is 0 Å². The molecule has 6 nitrogen and oxygen atoms in total. The Morgan fingerprint density at radius 2 is 1.50 bits per heavy atom. The van der Waals surface area contributed by atoms with E-state index in [0.29, 0.717) is 42.6 Å². The SMILES string of the molecule is CCOc1cc(C(=O)N[C@H](C)c2ccccc2OC)cc(OCC)c1OCC. The number of carbonyl (C=O) groups excluding carboxylic acids is 1. The minimum Gasteiger partial charge on any atom is -0.496 e. The van der Waals surface area contributed by atoms with Crippen LogP contribution in [0.3, 0.4) is 0 Å². The van der Waals surface area contributed by atoms with Crippen LogP contribution >= 0.6 is 0 Å². The monoisotopic (exact) mass is 387 g/mol. The molecule has 0 spiro atoms. The van der Waals surface area contributed by atoms with Crippen LogP contribution in [0.1, 0.15) is 49.7 Å². The lowest BCUT2D eigenvalue weighted by Crippen LogP contribution is -2.27. The van der Waals surface area contributed by atoms with Gasteiger partial charge in [0.1, 0.15) is 5.75 Å². The largest absolute Gasteiger partial charge is 0.496 e. The first-order chi connectivity index (χ1) is 13.5. The molecule has 0 saturated carbocycles. The van der Waals surface area contributed by atoms with Crippen molar-refractivity contribution in [1.29, 1.82) is 0 Å². The fourth-order valence-corrected chi connectivity index (χ4v) is 2.90. The van der Waals surface area contributed by atoms with E-state index in [4.69, 9.17) is 18.9 Å². The molecule has 1 atom stereocenters. The number of para-hydroxylation sites is 1. The van der Waals surface area contributed by atoms with Gasteiger partial charge < -0.3 is 24.3 Å². The van der Waals surface area contributed by atoms with E-state index in [-0.39, 0.29) is 11.9 Å². The number of ether oxygens (including phenoxy) is 4. The van der Waals surface area contributed by atoms with Gasteiger partial charge in [-0.15, -0.1) is 0 Å². The topological polar surface area (TPSA) is 66.0 Å². The number of amides is 1. The van der Waals surface area contributed by atoms with Crippen LogP contribution in [-0.2, 0) is 0 Å². The van der Waals surface area contributed by atoms with E-state index in [0.717, 1.165) is 11.3 Å². The first-order valence-electron chi connectivity index (χ1n) is 9.55. The normalized spacial score (nSPS) is 11.5. The van der Waals surface area contributed by atoms with Crippen LogP contribution in [0.25, 0.3) is 0 Å². The summed E-state index contributed by atoms with van der Waals surface area (Å²) in [6, 6.07) is 10.7. The zero-order valence-electron chi connectivity index (χ0n) is 17.2. The molecule has 0 unspecified atom stereocenters. The summed E-state index contributed by atoms with van der Waals surface area (Å²) in [5.74, 6) is 1.99. The molecule has 6 heteroatoms. The zero-order chi connectivity index (χ0) is 20.5. The number of hydrogen-bond donors (Lipinski definition) is 1. The van der Waals surface area contributed by atoms with Gasteiger partial charge in [0.05, 0.1) is 33.0 Å². The molecule has 0 aromatic heterocycles. The van der Waals surface area contributed by atoms with E-state index in [9.17, 15) is 4.79 Å². The van der Waals surface area contributed by atoms with Crippen molar-refractivity contribution in [2.24, 2.45) is 0 Å². The lowest BCUT2D eigenvalue weighted by atomic mass is 10.1. The Morgan fingerprint density at radius 1 is 0.929 bits per heavy atom. The van der Waals surface area contributed by atoms with Crippen molar-refractivity contribution >= 4 is 5.91 Å². The maximum Gasteiger partial charge on any atom is 0.252 e. The molecule has 28 heavy (non-hydrogen) atoms. The third kappa shape index (κ3) is 5.09. The Kier molecular flexibility index (Phi) is 7.99. The van der Waals surface area contributed by atoms with Gasteiger partial charge in [0.15, 0.2) is 11.5 Å². The van der Waals surface area contributed by atoms with Crippen molar-refractivity contribution in [2.75, 3.05) is 26.9 Å². The van der Waals surface area contributed by atoms with E-state index in [1.165, 1.54) is 0 Å². The summed E-state index contributed by atoms with van der Waals surface area (Å²) in [6.07, 6.45) is 0. The second-order valence-electron chi connectivity index (χ2n) is 6.04. The van der Waals surface area contributed by atoms with Gasteiger partial charge in [-0.05, 0) is 45.9 Å². The molecule has 0 saturated heterocycles. The Hall–Kier alpha value is -2.89. The average molecular weight is 387 g/mol. The van der Waals surface area contributed by atoms with E-state index in [2.05, 4.69) is 5.32 Å². The predicted molar refractivity (Wildman–Crippen MR) is 109 cm³/mol. The molecule has 0 radical (unpaired) electrons. The van der Waals surface area contributed by atoms with E-state index in [1.807, 2.05) is 52.0 Å². The molecule has 0 aliphatic rings. The lowest BCUT2D eigenvalue weighted by molar-refractivity contribution is 0.0938. The molecule has 0 heterocycles. The van der Waals surface area contributed by atoms with Crippen molar-refractivity contribution in [2.45, 2.75) is 33.7 Å². The van der Waals surface area contributed by atoms with Crippen molar-refractivity contribution in [3.05, 3.63) is 47.5 Å². The van der Waals surface area contributed by atoms with Gasteiger partial charge in [-0.25, -0.2) is 0 Å². The highest BCUT2D eigenvalue weighted by Gasteiger charge is 2.20. The Bertz CT molecular complexity index is 763. The highest BCUT2D eigenvalue weighted by Crippen LogP contribution is 2.39. The summed E-state index contributed by atoms with van der Waals surface area (Å²) >= 11 is 0. The molecule has 2 aromatic carbocycles. The van der Waals surface area contributed by atoms with Gasteiger partial charge in [0.25, 0.3) is 5.91 Å². The van der Waals surface area contributed by atoms with Crippen molar-refractivity contribution in [3.63, 3.8) is 0 Å². The van der Waals surface area contributed by atoms with Crippen molar-refractivity contribution < 1.29 is 23.7 Å². The zero-order valence-corrected chi connectivity index (χ0v) is 17.2. The molecule has 0 aliphatic carbocycles. The summed E-state index contributed by atoms with van der Waals surface area (Å²) in [6.45, 7) is 8.94. The van der Waals surface area contributed by atoms with Crippen LogP contribution in [0.5, 0.6) is 23.0 Å². The Balaban J connectivity index is 2.33. The summed E-state index contributed by atoms with van der Waals surface area (Å²) in [4.78, 5) is 12.9. The van der Waals surface area contributed by atoms with Crippen LogP contribution in [0.4, 0.5) is 0 Å². The number of hydrogen-bond acceptors (Lipinski definition) is 5. The summed E-state index contributed by atoms with van der Waals surface area (Å²) < 4.78 is 22.5. The predicted octanol–water partition coefficient (Wildman–Crippen LogP) is 4.38. The highest BCUT2D eigenvalue weighted by molar-refractivity contribution is 5.96. The van der Waals surface area contributed by atoms with Gasteiger partial charge in [0, 0.05) is 11.1 Å². The Labute approximate surface area is 166 Å². The molecule has 0 fully saturated rings. The molecule has 1 amide bonds. The van der Waals surface area contributed by atoms with Gasteiger partial charge in [-0.2, -0.15) is 0 Å². The van der Waals surface area contributed by atoms with Gasteiger partial charge >= 0.3 is 0 Å². The standard InChI is InChI=1S/C22H29NO5/c1-6-26-19-13-16(14-20(27-7-2)21(19)28-8-3)22(24)23-15(4)17-11-9-10-12-18(17)25-5/h9-15H,6-8H2,1-5H3,(H,23,24)/t15-/m1/s1. The number of rotatable bonds is 10. The van der Waals surface area contributed by atoms with Crippen LogP contribution in [-0.4, -0.2) is 32.8 Å². The molecule has 0 aliphatic heterocycles. The lowest BCUT2D eigenvalue weighted by Gasteiger charge is -2.19. The number of methoxy groups -OCH3 is 1. The molecule has 0 bridgehead atoms. The van der Waals surface area contributed by atoms with Crippen molar-refractivity contribution in [3.8, 4) is 23.0 Å². The van der Waals surface area contributed by atoms with Gasteiger partial charge in [0.2, 0.25) is 5.75 Å². The van der Waals surface area contributed by atoms with E-state index < -0.39 is 0 Å². The van der Waals surface area contributed by atoms with Crippen LogP contribution in [0, 0.1) is 0 Å². The highest BCUT2D eigenvalue weighted by atomic mass is 16.5. The first-order valence-corrected chi connectivity index (χ1v) is 9.55. The Morgan fingerprint density at radius 3 is 2.04 bits per heavy atom. The molecule has 1 N–H and O–H groups in total. The summed E-state index contributed by atoms with van der Waals surface area (Å²) in [7, 11) is 1.61. The summed E-state index contributed by atoms with van der Waals surface area (Å²) in [5, 5.41) is 3.01. The maximum absolute atomic E-state index is 12.9. The third-order valence-electron chi connectivity index (χ3n) is 4.12. The minimum atomic E-state index is -0.235. The first kappa shape index (κ1) is 21.4. The quantitative estimate of drug-likeness (QED) is 0.655. The second-order valence-corrected chi connectivity index (χ2v) is 6.04. The smallest absolute Gasteiger partial charge is 0.252 e. The molecule has 2 aromatic rings.